The first-order valence-corrected chi connectivity index (χ1v) is 12.7. The van der Waals surface area contributed by atoms with E-state index in [-0.39, 0.29) is 12.8 Å². The summed E-state index contributed by atoms with van der Waals surface area (Å²) in [6.07, 6.45) is 1.95. The molecule has 2 atom stereocenters. The Hall–Kier alpha value is -4.44. The molecule has 4 aromatic rings. The lowest BCUT2D eigenvalue weighted by Gasteiger charge is -2.39. The fourth-order valence-electron chi connectivity index (χ4n) is 6.23. The largest absolute Gasteiger partial charge is 0.493 e. The number of aromatic amines is 1. The van der Waals surface area contributed by atoms with Crippen LogP contribution in [0.15, 0.2) is 36.5 Å². The molecule has 200 valence electrons. The molecule has 3 aliphatic heterocycles. The molecule has 0 radical (unpaired) electrons. The van der Waals surface area contributed by atoms with E-state index in [0.717, 1.165) is 51.7 Å². The van der Waals surface area contributed by atoms with Gasteiger partial charge in [-0.25, -0.2) is 4.79 Å². The van der Waals surface area contributed by atoms with Crippen LogP contribution in [0, 0.1) is 0 Å². The molecule has 1 N–H and O–H groups in total. The van der Waals surface area contributed by atoms with E-state index in [1.54, 1.807) is 26.5 Å². The Morgan fingerprint density at radius 1 is 1.00 bits per heavy atom. The molecule has 0 amide bonds. The van der Waals surface area contributed by atoms with Crippen molar-refractivity contribution >= 4 is 16.9 Å². The van der Waals surface area contributed by atoms with Crippen molar-refractivity contribution in [1.29, 1.82) is 0 Å². The molecular weight excluding hydrogens is 502 g/mol. The van der Waals surface area contributed by atoms with Gasteiger partial charge in [0.1, 0.15) is 11.7 Å². The lowest BCUT2D eigenvalue weighted by Crippen LogP contribution is -2.36. The van der Waals surface area contributed by atoms with Gasteiger partial charge in [0, 0.05) is 28.6 Å². The number of H-pyrrole nitrogens is 1. The number of rotatable bonds is 5. The lowest BCUT2D eigenvalue weighted by atomic mass is 9.81. The number of aromatic nitrogens is 2. The summed E-state index contributed by atoms with van der Waals surface area (Å²) in [6, 6.07) is 9.49. The maximum absolute atomic E-state index is 13.3. The van der Waals surface area contributed by atoms with Gasteiger partial charge in [-0.2, -0.15) is 5.10 Å². The maximum atomic E-state index is 13.3. The van der Waals surface area contributed by atoms with Gasteiger partial charge >= 0.3 is 5.97 Å². The standard InChI is InChI=1S/C29H27N3O7/c1-32-10-9-16-20(14-5-7-18-15(11-14)12-30-31-18)27-28(38-13-37-27)26(36-4)21(16)23(32)24-17-6-8-19(34-2)25(35-3)22(17)29(33)39-24/h5-8,11-12,23-24H,9-10,13H2,1-4H3,(H,30,31)/t23-,24+/m1/s1. The molecule has 3 aliphatic rings. The summed E-state index contributed by atoms with van der Waals surface area (Å²) < 4.78 is 35.2. The van der Waals surface area contributed by atoms with Crippen molar-refractivity contribution in [2.24, 2.45) is 0 Å². The molecule has 4 heterocycles. The average Bonchev–Trinajstić information content (AvgIpc) is 3.70. The van der Waals surface area contributed by atoms with Crippen LogP contribution in [0.4, 0.5) is 0 Å². The molecule has 0 bridgehead atoms. The molecule has 10 heteroatoms. The first-order valence-electron chi connectivity index (χ1n) is 12.7. The number of carbonyl (C=O) groups is 1. The Kier molecular flexibility index (Phi) is 5.34. The third kappa shape index (κ3) is 3.31. The number of likely N-dealkylation sites (N-methyl/N-ethyl adjacent to an activating group) is 1. The number of fused-ring (bicyclic) bond motifs is 4. The van der Waals surface area contributed by atoms with E-state index in [0.29, 0.717) is 34.3 Å². The summed E-state index contributed by atoms with van der Waals surface area (Å²) in [5.74, 6) is 2.20. The minimum atomic E-state index is -0.602. The highest BCUT2D eigenvalue weighted by atomic mass is 16.7. The molecule has 39 heavy (non-hydrogen) atoms. The number of carbonyl (C=O) groups excluding carboxylic acids is 1. The summed E-state index contributed by atoms with van der Waals surface area (Å²) in [7, 11) is 6.72. The van der Waals surface area contributed by atoms with Gasteiger partial charge in [0.2, 0.25) is 12.5 Å². The zero-order valence-corrected chi connectivity index (χ0v) is 22.0. The Bertz CT molecular complexity index is 1650. The second-order valence-corrected chi connectivity index (χ2v) is 9.80. The number of esters is 1. The highest BCUT2D eigenvalue weighted by Gasteiger charge is 2.47. The van der Waals surface area contributed by atoms with E-state index < -0.39 is 12.1 Å². The van der Waals surface area contributed by atoms with Crippen molar-refractivity contribution < 1.29 is 33.2 Å². The quantitative estimate of drug-likeness (QED) is 0.376. The van der Waals surface area contributed by atoms with Gasteiger partial charge in [0.25, 0.3) is 0 Å². The number of nitrogens with one attached hydrogen (secondary N) is 1. The minimum Gasteiger partial charge on any atom is -0.493 e. The van der Waals surface area contributed by atoms with E-state index in [2.05, 4.69) is 27.2 Å². The highest BCUT2D eigenvalue weighted by Crippen LogP contribution is 2.59. The van der Waals surface area contributed by atoms with E-state index in [4.69, 9.17) is 28.4 Å². The molecular formula is C29H27N3O7. The number of methoxy groups -OCH3 is 3. The predicted octanol–water partition coefficient (Wildman–Crippen LogP) is 4.43. The highest BCUT2D eigenvalue weighted by molar-refractivity contribution is 5.98. The second kappa shape index (κ2) is 8.81. The van der Waals surface area contributed by atoms with Gasteiger partial charge in [0.05, 0.1) is 39.1 Å². The van der Waals surface area contributed by atoms with Crippen LogP contribution < -0.4 is 23.7 Å². The molecule has 0 saturated carbocycles. The third-order valence-corrected chi connectivity index (χ3v) is 7.94. The van der Waals surface area contributed by atoms with Crippen LogP contribution in [0.3, 0.4) is 0 Å². The number of ether oxygens (including phenoxy) is 6. The molecule has 0 spiro atoms. The van der Waals surface area contributed by atoms with Gasteiger partial charge in [-0.1, -0.05) is 12.1 Å². The maximum Gasteiger partial charge on any atom is 0.343 e. The van der Waals surface area contributed by atoms with Crippen molar-refractivity contribution in [3.63, 3.8) is 0 Å². The number of cyclic esters (lactones) is 1. The van der Waals surface area contributed by atoms with Gasteiger partial charge < -0.3 is 28.4 Å². The molecule has 0 saturated heterocycles. The van der Waals surface area contributed by atoms with Crippen LogP contribution in [0.1, 0.15) is 39.2 Å². The van der Waals surface area contributed by atoms with Crippen molar-refractivity contribution in [3.05, 3.63) is 58.8 Å². The number of hydrogen-bond donors (Lipinski definition) is 1. The van der Waals surface area contributed by atoms with Gasteiger partial charge in [-0.3, -0.25) is 10.00 Å². The van der Waals surface area contributed by atoms with Crippen molar-refractivity contribution in [3.8, 4) is 39.9 Å². The zero-order chi connectivity index (χ0) is 26.8. The first kappa shape index (κ1) is 23.7. The summed E-state index contributed by atoms with van der Waals surface area (Å²) in [4.78, 5) is 15.4. The number of benzene rings is 3. The van der Waals surface area contributed by atoms with Gasteiger partial charge in [0.15, 0.2) is 23.0 Å². The van der Waals surface area contributed by atoms with E-state index in [1.165, 1.54) is 7.11 Å². The molecule has 1 aromatic heterocycles. The number of hydrogen-bond acceptors (Lipinski definition) is 9. The Labute approximate surface area is 224 Å². The normalized spacial score (nSPS) is 19.5. The van der Waals surface area contributed by atoms with E-state index in [9.17, 15) is 4.79 Å². The fourth-order valence-corrected chi connectivity index (χ4v) is 6.23. The summed E-state index contributed by atoms with van der Waals surface area (Å²) in [5, 5.41) is 8.18. The zero-order valence-electron chi connectivity index (χ0n) is 22.0. The van der Waals surface area contributed by atoms with Crippen LogP contribution in [-0.2, 0) is 11.2 Å². The van der Waals surface area contributed by atoms with Crippen molar-refractivity contribution in [1.82, 2.24) is 15.1 Å². The minimum absolute atomic E-state index is 0.0916. The number of nitrogens with zero attached hydrogens (tertiary/aromatic N) is 2. The Morgan fingerprint density at radius 3 is 2.62 bits per heavy atom. The van der Waals surface area contributed by atoms with Gasteiger partial charge in [-0.15, -0.1) is 0 Å². The van der Waals surface area contributed by atoms with Gasteiger partial charge in [-0.05, 0) is 42.8 Å². The van der Waals surface area contributed by atoms with Crippen molar-refractivity contribution in [2.75, 3.05) is 41.7 Å². The lowest BCUT2D eigenvalue weighted by molar-refractivity contribution is 0.00877. The molecule has 10 nitrogen and oxygen atoms in total. The smallest absolute Gasteiger partial charge is 0.343 e. The fraction of sp³-hybridized carbons (Fsp3) is 0.310. The van der Waals surface area contributed by atoms with E-state index in [1.807, 2.05) is 19.2 Å². The summed E-state index contributed by atoms with van der Waals surface area (Å²) in [5.41, 5.74) is 6.01. The Balaban J connectivity index is 1.47. The monoisotopic (exact) mass is 529 g/mol. The molecule has 0 unspecified atom stereocenters. The predicted molar refractivity (Wildman–Crippen MR) is 141 cm³/mol. The van der Waals surface area contributed by atoms with Crippen LogP contribution in [0.25, 0.3) is 22.0 Å². The van der Waals surface area contributed by atoms with Crippen molar-refractivity contribution in [2.45, 2.75) is 18.6 Å². The Morgan fingerprint density at radius 2 is 1.82 bits per heavy atom. The first-order chi connectivity index (χ1) is 19.0. The van der Waals surface area contributed by atoms with Crippen LogP contribution >= 0.6 is 0 Å². The molecule has 3 aromatic carbocycles. The molecule has 0 fully saturated rings. The molecule has 7 rings (SSSR count). The van der Waals surface area contributed by atoms with Crippen LogP contribution in [0.2, 0.25) is 0 Å². The van der Waals surface area contributed by atoms with E-state index >= 15 is 0 Å². The third-order valence-electron chi connectivity index (χ3n) is 7.94. The second-order valence-electron chi connectivity index (χ2n) is 9.80. The summed E-state index contributed by atoms with van der Waals surface area (Å²) in [6.45, 7) is 0.826. The average molecular weight is 530 g/mol. The molecule has 0 aliphatic carbocycles. The van der Waals surface area contributed by atoms with Crippen LogP contribution in [0.5, 0.6) is 28.7 Å². The van der Waals surface area contributed by atoms with Crippen LogP contribution in [-0.4, -0.2) is 62.8 Å². The topological polar surface area (TPSA) is 104 Å². The SMILES string of the molecule is COc1ccc2c(c1OC)C(=O)O[C@@H]2[C@H]1c2c(c(-c3ccc4[nH]ncc4c3)c3c(c2OC)OCO3)CCN1C. The summed E-state index contributed by atoms with van der Waals surface area (Å²) >= 11 is 0.